The molecule has 1 aliphatic rings. The highest BCUT2D eigenvalue weighted by molar-refractivity contribution is 5.60. The van der Waals surface area contributed by atoms with Gasteiger partial charge in [-0.3, -0.25) is 9.97 Å². The Balaban J connectivity index is 1.50. The fourth-order valence-electron chi connectivity index (χ4n) is 4.53. The molecule has 3 aromatic rings. The van der Waals surface area contributed by atoms with Crippen molar-refractivity contribution in [2.24, 2.45) is 0 Å². The first-order valence-corrected chi connectivity index (χ1v) is 10.6. The Bertz CT molecular complexity index is 1080. The fourth-order valence-corrected chi connectivity index (χ4v) is 4.53. The van der Waals surface area contributed by atoms with Gasteiger partial charge in [0.05, 0.1) is 29.3 Å². The molecule has 6 heteroatoms. The van der Waals surface area contributed by atoms with Crippen LogP contribution >= 0.6 is 0 Å². The summed E-state index contributed by atoms with van der Waals surface area (Å²) in [5.74, 6) is 0.717. The number of benzene rings is 1. The molecule has 0 aliphatic carbocycles. The van der Waals surface area contributed by atoms with Crippen LogP contribution in [0.1, 0.15) is 44.2 Å². The van der Waals surface area contributed by atoms with E-state index >= 15 is 0 Å². The van der Waals surface area contributed by atoms with Crippen LogP contribution in [0.4, 0.5) is 5.82 Å². The molecule has 2 aromatic heterocycles. The van der Waals surface area contributed by atoms with E-state index in [1.54, 1.807) is 24.7 Å². The monoisotopic (exact) mass is 413 g/mol. The Morgan fingerprint density at radius 3 is 2.68 bits per heavy atom. The van der Waals surface area contributed by atoms with Gasteiger partial charge in [0.2, 0.25) is 0 Å². The quantitative estimate of drug-likeness (QED) is 0.628. The molecule has 1 N–H and O–H groups in total. The van der Waals surface area contributed by atoms with Gasteiger partial charge in [0.25, 0.3) is 0 Å². The predicted molar refractivity (Wildman–Crippen MR) is 120 cm³/mol. The summed E-state index contributed by atoms with van der Waals surface area (Å²) in [7, 11) is 0. The van der Waals surface area contributed by atoms with Crippen LogP contribution in [-0.4, -0.2) is 33.7 Å². The molecule has 1 fully saturated rings. The third kappa shape index (κ3) is 4.89. The highest BCUT2D eigenvalue weighted by atomic mass is 16.5. The van der Waals surface area contributed by atoms with Crippen LogP contribution in [0.15, 0.2) is 61.2 Å². The maximum atomic E-state index is 9.11. The van der Waals surface area contributed by atoms with Crippen LogP contribution in [-0.2, 0) is 10.2 Å². The van der Waals surface area contributed by atoms with Gasteiger partial charge in [-0.15, -0.1) is 0 Å². The second-order valence-corrected chi connectivity index (χ2v) is 8.72. The van der Waals surface area contributed by atoms with Crippen LogP contribution in [0.5, 0.6) is 0 Å². The van der Waals surface area contributed by atoms with Gasteiger partial charge in [-0.05, 0) is 44.7 Å². The SMILES string of the molecule is CC1(C)CC(CCNc2cncc(-c3cncc(C#N)c3)n2)(c2ccccc2)CCO1. The van der Waals surface area contributed by atoms with Gasteiger partial charge in [0.15, 0.2) is 0 Å². The highest BCUT2D eigenvalue weighted by Crippen LogP contribution is 2.43. The summed E-state index contributed by atoms with van der Waals surface area (Å²) in [6.07, 6.45) is 9.61. The molecular weight excluding hydrogens is 386 g/mol. The number of nitriles is 1. The maximum Gasteiger partial charge on any atom is 0.145 e. The zero-order valence-corrected chi connectivity index (χ0v) is 18.0. The summed E-state index contributed by atoms with van der Waals surface area (Å²) in [4.78, 5) is 13.1. The minimum absolute atomic E-state index is 0.0616. The number of aromatic nitrogens is 3. The zero-order valence-electron chi connectivity index (χ0n) is 18.0. The molecule has 1 aromatic carbocycles. The van der Waals surface area contributed by atoms with Gasteiger partial charge in [-0.25, -0.2) is 4.98 Å². The Hall–Kier alpha value is -3.30. The van der Waals surface area contributed by atoms with Crippen molar-refractivity contribution in [3.63, 3.8) is 0 Å². The molecule has 1 unspecified atom stereocenters. The van der Waals surface area contributed by atoms with Crippen molar-refractivity contribution in [1.29, 1.82) is 5.26 Å². The average Bonchev–Trinajstić information content (AvgIpc) is 2.79. The first kappa shape index (κ1) is 21.0. The lowest BCUT2D eigenvalue weighted by Gasteiger charge is -2.45. The van der Waals surface area contributed by atoms with Gasteiger partial charge < -0.3 is 10.1 Å². The second kappa shape index (κ2) is 8.83. The van der Waals surface area contributed by atoms with Crippen LogP contribution in [0.2, 0.25) is 0 Å². The summed E-state index contributed by atoms with van der Waals surface area (Å²) in [5.41, 5.74) is 3.26. The first-order valence-electron chi connectivity index (χ1n) is 10.6. The topological polar surface area (TPSA) is 83.7 Å². The number of hydrogen-bond acceptors (Lipinski definition) is 6. The molecule has 4 rings (SSSR count). The standard InChI is InChI=1S/C25H27N5O/c1-24(2)18-25(9-11-31-24,21-6-4-3-5-7-21)8-10-29-23-17-28-16-22(30-23)20-12-19(13-26)14-27-15-20/h3-7,12,14-17H,8-11,18H2,1-2H3,(H,29,30). The van der Waals surface area contributed by atoms with Gasteiger partial charge in [-0.1, -0.05) is 30.3 Å². The largest absolute Gasteiger partial charge is 0.376 e. The van der Waals surface area contributed by atoms with Crippen molar-refractivity contribution in [2.75, 3.05) is 18.5 Å². The Morgan fingerprint density at radius 1 is 1.10 bits per heavy atom. The molecular formula is C25H27N5O. The summed E-state index contributed by atoms with van der Waals surface area (Å²) in [5, 5.41) is 12.6. The van der Waals surface area contributed by atoms with E-state index in [0.29, 0.717) is 11.3 Å². The molecule has 0 bridgehead atoms. The van der Waals surface area contributed by atoms with Gasteiger partial charge in [0.1, 0.15) is 11.9 Å². The number of hydrogen-bond donors (Lipinski definition) is 1. The summed E-state index contributed by atoms with van der Waals surface area (Å²) in [6, 6.07) is 14.7. The molecule has 3 heterocycles. The normalized spacial score (nSPS) is 20.0. The van der Waals surface area contributed by atoms with Gasteiger partial charge in [-0.2, -0.15) is 5.26 Å². The van der Waals surface area contributed by atoms with E-state index in [-0.39, 0.29) is 11.0 Å². The molecule has 1 saturated heterocycles. The molecule has 0 spiro atoms. The van der Waals surface area contributed by atoms with Crippen molar-refractivity contribution in [3.05, 3.63) is 72.3 Å². The first-order chi connectivity index (χ1) is 15.0. The Morgan fingerprint density at radius 2 is 1.90 bits per heavy atom. The summed E-state index contributed by atoms with van der Waals surface area (Å²) < 4.78 is 6.02. The van der Waals surface area contributed by atoms with E-state index in [1.807, 2.05) is 0 Å². The van der Waals surface area contributed by atoms with Crippen molar-refractivity contribution in [1.82, 2.24) is 15.0 Å². The lowest BCUT2D eigenvalue weighted by Crippen LogP contribution is -2.44. The Kier molecular flexibility index (Phi) is 5.97. The van der Waals surface area contributed by atoms with Gasteiger partial charge >= 0.3 is 0 Å². The zero-order chi connectivity index (χ0) is 21.7. The molecule has 1 atom stereocenters. The van der Waals surface area contributed by atoms with Crippen molar-refractivity contribution in [3.8, 4) is 17.3 Å². The number of nitrogens with zero attached hydrogens (tertiary/aromatic N) is 4. The van der Waals surface area contributed by atoms with E-state index in [0.717, 1.165) is 43.8 Å². The number of ether oxygens (including phenoxy) is 1. The van der Waals surface area contributed by atoms with Crippen LogP contribution in [0, 0.1) is 11.3 Å². The van der Waals surface area contributed by atoms with Crippen LogP contribution in [0.25, 0.3) is 11.3 Å². The molecule has 158 valence electrons. The third-order valence-corrected chi connectivity index (χ3v) is 5.93. The van der Waals surface area contributed by atoms with E-state index in [9.17, 15) is 0 Å². The van der Waals surface area contributed by atoms with Crippen molar-refractivity contribution >= 4 is 5.82 Å². The van der Waals surface area contributed by atoms with E-state index in [2.05, 4.69) is 70.5 Å². The fraction of sp³-hybridized carbons (Fsp3) is 0.360. The molecule has 0 saturated carbocycles. The summed E-state index contributed by atoms with van der Waals surface area (Å²) >= 11 is 0. The predicted octanol–water partition coefficient (Wildman–Crippen LogP) is 4.74. The smallest absolute Gasteiger partial charge is 0.145 e. The number of nitrogens with one attached hydrogen (secondary N) is 1. The average molecular weight is 414 g/mol. The van der Waals surface area contributed by atoms with Crippen LogP contribution in [0.3, 0.4) is 0 Å². The van der Waals surface area contributed by atoms with Crippen LogP contribution < -0.4 is 5.32 Å². The molecule has 0 amide bonds. The van der Waals surface area contributed by atoms with E-state index < -0.39 is 0 Å². The molecule has 6 nitrogen and oxygen atoms in total. The second-order valence-electron chi connectivity index (χ2n) is 8.72. The molecule has 0 radical (unpaired) electrons. The number of rotatable bonds is 6. The maximum absolute atomic E-state index is 9.11. The third-order valence-electron chi connectivity index (χ3n) is 5.93. The minimum Gasteiger partial charge on any atom is -0.376 e. The lowest BCUT2D eigenvalue weighted by atomic mass is 9.67. The number of pyridine rings is 1. The Labute approximate surface area is 183 Å². The van der Waals surface area contributed by atoms with E-state index in [4.69, 9.17) is 10.00 Å². The van der Waals surface area contributed by atoms with Crippen molar-refractivity contribution in [2.45, 2.75) is 44.1 Å². The molecule has 31 heavy (non-hydrogen) atoms. The van der Waals surface area contributed by atoms with Crippen molar-refractivity contribution < 1.29 is 4.74 Å². The number of anilines is 1. The summed E-state index contributed by atoms with van der Waals surface area (Å²) in [6.45, 7) is 5.89. The highest BCUT2D eigenvalue weighted by Gasteiger charge is 2.41. The lowest BCUT2D eigenvalue weighted by molar-refractivity contribution is -0.0835. The minimum atomic E-state index is -0.146. The van der Waals surface area contributed by atoms with E-state index in [1.165, 1.54) is 11.8 Å². The van der Waals surface area contributed by atoms with Gasteiger partial charge in [0, 0.05) is 36.5 Å². The molecule has 1 aliphatic heterocycles.